The molecule has 1 heterocycles. The summed E-state index contributed by atoms with van der Waals surface area (Å²) in [5.41, 5.74) is 3.26. The van der Waals surface area contributed by atoms with Gasteiger partial charge in [0.15, 0.2) is 0 Å². The van der Waals surface area contributed by atoms with Gasteiger partial charge in [0.25, 0.3) is 0 Å². The molecule has 1 aromatic carbocycles. The van der Waals surface area contributed by atoms with Crippen LogP contribution in [0.2, 0.25) is 0 Å². The average Bonchev–Trinajstić information content (AvgIpc) is 2.86. The van der Waals surface area contributed by atoms with E-state index in [9.17, 15) is 0 Å². The number of nitrogens with one attached hydrogen (secondary N) is 1. The summed E-state index contributed by atoms with van der Waals surface area (Å²) >= 11 is 0. The van der Waals surface area contributed by atoms with Crippen molar-refractivity contribution in [2.45, 2.75) is 26.4 Å². The van der Waals surface area contributed by atoms with E-state index >= 15 is 0 Å². The molecule has 0 aliphatic rings. The summed E-state index contributed by atoms with van der Waals surface area (Å²) in [7, 11) is 0. The predicted octanol–water partition coefficient (Wildman–Crippen LogP) is 2.58. The van der Waals surface area contributed by atoms with Crippen molar-refractivity contribution in [1.29, 1.82) is 5.26 Å². The number of nitriles is 1. The fourth-order valence-corrected chi connectivity index (χ4v) is 1.71. The van der Waals surface area contributed by atoms with Crippen LogP contribution in [-0.2, 0) is 19.5 Å². The quantitative estimate of drug-likeness (QED) is 0.874. The highest BCUT2D eigenvalue weighted by Gasteiger charge is 1.98. The molecule has 0 aliphatic carbocycles. The molecule has 1 aromatic heterocycles. The van der Waals surface area contributed by atoms with Crippen LogP contribution in [0.3, 0.4) is 0 Å². The van der Waals surface area contributed by atoms with Gasteiger partial charge in [-0.1, -0.05) is 12.1 Å². The molecule has 4 nitrogen and oxygen atoms in total. The van der Waals surface area contributed by atoms with E-state index in [0.29, 0.717) is 6.42 Å². The molecule has 92 valence electrons. The van der Waals surface area contributed by atoms with Crippen molar-refractivity contribution in [2.24, 2.45) is 0 Å². The van der Waals surface area contributed by atoms with Crippen molar-refractivity contribution in [1.82, 2.24) is 9.78 Å². The van der Waals surface area contributed by atoms with Crippen molar-refractivity contribution in [3.63, 3.8) is 0 Å². The second kappa shape index (κ2) is 5.87. The lowest BCUT2D eigenvalue weighted by Gasteiger charge is -2.05. The van der Waals surface area contributed by atoms with Crippen LogP contribution in [0.4, 0.5) is 5.69 Å². The van der Waals surface area contributed by atoms with E-state index in [1.54, 1.807) is 0 Å². The third-order valence-corrected chi connectivity index (χ3v) is 2.74. The number of hydrogen-bond donors (Lipinski definition) is 1. The van der Waals surface area contributed by atoms with Gasteiger partial charge in [0.1, 0.15) is 0 Å². The van der Waals surface area contributed by atoms with Gasteiger partial charge in [-0.3, -0.25) is 4.68 Å². The van der Waals surface area contributed by atoms with Crippen molar-refractivity contribution in [3.05, 3.63) is 47.8 Å². The van der Waals surface area contributed by atoms with Crippen LogP contribution in [-0.4, -0.2) is 9.78 Å². The Morgan fingerprint density at radius 1 is 1.28 bits per heavy atom. The Balaban J connectivity index is 1.91. The molecule has 18 heavy (non-hydrogen) atoms. The van der Waals surface area contributed by atoms with E-state index in [-0.39, 0.29) is 0 Å². The lowest BCUT2D eigenvalue weighted by atomic mass is 10.1. The number of nitrogens with zero attached hydrogens (tertiary/aromatic N) is 3. The SMILES string of the molecule is CCn1cc(CNc2ccc(CC#N)cc2)cn1. The van der Waals surface area contributed by atoms with Crippen molar-refractivity contribution >= 4 is 5.69 Å². The molecule has 0 radical (unpaired) electrons. The first-order chi connectivity index (χ1) is 8.81. The lowest BCUT2D eigenvalue weighted by molar-refractivity contribution is 0.659. The highest BCUT2D eigenvalue weighted by Crippen LogP contribution is 2.11. The summed E-state index contributed by atoms with van der Waals surface area (Å²) in [5.74, 6) is 0. The Morgan fingerprint density at radius 2 is 2.06 bits per heavy atom. The third-order valence-electron chi connectivity index (χ3n) is 2.74. The number of aryl methyl sites for hydroxylation is 1. The smallest absolute Gasteiger partial charge is 0.0669 e. The number of anilines is 1. The summed E-state index contributed by atoms with van der Waals surface area (Å²) in [4.78, 5) is 0. The lowest BCUT2D eigenvalue weighted by Crippen LogP contribution is -1.98. The molecule has 0 atom stereocenters. The minimum Gasteiger partial charge on any atom is -0.381 e. The summed E-state index contributed by atoms with van der Waals surface area (Å²) in [6.07, 6.45) is 4.38. The summed E-state index contributed by atoms with van der Waals surface area (Å²) < 4.78 is 1.91. The van der Waals surface area contributed by atoms with Crippen LogP contribution >= 0.6 is 0 Å². The standard InChI is InChI=1S/C14H16N4/c1-2-18-11-13(10-17-18)9-16-14-5-3-12(4-6-14)7-8-15/h3-6,10-11,16H,2,7,9H2,1H3. The number of aromatic nitrogens is 2. The fourth-order valence-electron chi connectivity index (χ4n) is 1.71. The molecule has 1 N–H and O–H groups in total. The first-order valence-corrected chi connectivity index (χ1v) is 6.03. The first-order valence-electron chi connectivity index (χ1n) is 6.03. The Hall–Kier alpha value is -2.28. The fraction of sp³-hybridized carbons (Fsp3) is 0.286. The molecular weight excluding hydrogens is 224 g/mol. The zero-order chi connectivity index (χ0) is 12.8. The second-order valence-corrected chi connectivity index (χ2v) is 4.09. The van der Waals surface area contributed by atoms with Crippen LogP contribution < -0.4 is 5.32 Å². The molecule has 0 saturated heterocycles. The largest absolute Gasteiger partial charge is 0.381 e. The van der Waals surface area contributed by atoms with Crippen molar-refractivity contribution < 1.29 is 0 Å². The Bertz CT molecular complexity index is 534. The zero-order valence-corrected chi connectivity index (χ0v) is 10.4. The van der Waals surface area contributed by atoms with Crippen molar-refractivity contribution in [3.8, 4) is 6.07 Å². The molecule has 0 bridgehead atoms. The molecule has 0 spiro atoms. The topological polar surface area (TPSA) is 53.6 Å². The van der Waals surface area contributed by atoms with E-state index in [1.807, 2.05) is 41.3 Å². The summed E-state index contributed by atoms with van der Waals surface area (Å²) in [5, 5.41) is 16.1. The maximum Gasteiger partial charge on any atom is 0.0669 e. The number of rotatable bonds is 5. The number of benzene rings is 1. The first kappa shape index (κ1) is 12.2. The Morgan fingerprint density at radius 3 is 2.67 bits per heavy atom. The summed E-state index contributed by atoms with van der Waals surface area (Å²) in [6.45, 7) is 3.72. The van der Waals surface area contributed by atoms with Gasteiger partial charge >= 0.3 is 0 Å². The van der Waals surface area contributed by atoms with Gasteiger partial charge in [-0.15, -0.1) is 0 Å². The van der Waals surface area contributed by atoms with E-state index < -0.39 is 0 Å². The zero-order valence-electron chi connectivity index (χ0n) is 10.4. The maximum absolute atomic E-state index is 8.59. The van der Waals surface area contributed by atoms with E-state index in [2.05, 4.69) is 23.4 Å². The van der Waals surface area contributed by atoms with Gasteiger partial charge < -0.3 is 5.32 Å². The van der Waals surface area contributed by atoms with Gasteiger partial charge in [-0.25, -0.2) is 0 Å². The molecule has 0 saturated carbocycles. The van der Waals surface area contributed by atoms with Gasteiger partial charge in [0.2, 0.25) is 0 Å². The monoisotopic (exact) mass is 240 g/mol. The molecule has 2 rings (SSSR count). The van der Waals surface area contributed by atoms with Crippen LogP contribution in [0.1, 0.15) is 18.1 Å². The molecule has 4 heteroatoms. The van der Waals surface area contributed by atoms with Gasteiger partial charge in [-0.05, 0) is 24.6 Å². The van der Waals surface area contributed by atoms with E-state index in [1.165, 1.54) is 0 Å². The summed E-state index contributed by atoms with van der Waals surface area (Å²) in [6, 6.07) is 10.1. The van der Waals surface area contributed by atoms with Crippen LogP contribution in [0, 0.1) is 11.3 Å². The highest BCUT2D eigenvalue weighted by molar-refractivity contribution is 5.45. The number of hydrogen-bond acceptors (Lipinski definition) is 3. The van der Waals surface area contributed by atoms with E-state index in [0.717, 1.165) is 29.9 Å². The van der Waals surface area contributed by atoms with Gasteiger partial charge in [-0.2, -0.15) is 10.4 Å². The Kier molecular flexibility index (Phi) is 3.98. The minimum absolute atomic E-state index is 0.462. The van der Waals surface area contributed by atoms with Gasteiger partial charge in [0.05, 0.1) is 18.7 Å². The molecule has 2 aromatic rings. The highest BCUT2D eigenvalue weighted by atomic mass is 15.3. The van der Waals surface area contributed by atoms with Crippen LogP contribution in [0.15, 0.2) is 36.7 Å². The van der Waals surface area contributed by atoms with Gasteiger partial charge in [0, 0.05) is 30.5 Å². The average molecular weight is 240 g/mol. The minimum atomic E-state index is 0.462. The normalized spacial score (nSPS) is 10.0. The third kappa shape index (κ3) is 3.11. The molecule has 0 unspecified atom stereocenters. The maximum atomic E-state index is 8.59. The predicted molar refractivity (Wildman–Crippen MR) is 71.0 cm³/mol. The Labute approximate surface area is 107 Å². The van der Waals surface area contributed by atoms with Crippen LogP contribution in [0.25, 0.3) is 0 Å². The second-order valence-electron chi connectivity index (χ2n) is 4.09. The molecule has 0 aliphatic heterocycles. The van der Waals surface area contributed by atoms with E-state index in [4.69, 9.17) is 5.26 Å². The molecule has 0 fully saturated rings. The molecular formula is C14H16N4. The van der Waals surface area contributed by atoms with Crippen molar-refractivity contribution in [2.75, 3.05) is 5.32 Å². The molecule has 0 amide bonds. The van der Waals surface area contributed by atoms with Crippen LogP contribution in [0.5, 0.6) is 0 Å².